The van der Waals surface area contributed by atoms with E-state index in [0.717, 1.165) is 19.3 Å². The topological polar surface area (TPSA) is 26.3 Å². The number of esters is 1. The van der Waals surface area contributed by atoms with Crippen LogP contribution in [0.5, 0.6) is 0 Å². The van der Waals surface area contributed by atoms with E-state index in [4.69, 9.17) is 4.74 Å². The van der Waals surface area contributed by atoms with E-state index in [1.54, 1.807) is 0 Å². The quantitative estimate of drug-likeness (QED) is 0.713. The molecule has 0 spiro atoms. The molecule has 2 atom stereocenters. The lowest BCUT2D eigenvalue weighted by Crippen LogP contribution is -2.17. The third kappa shape index (κ3) is 3.86. The lowest BCUT2D eigenvalue weighted by Gasteiger charge is -2.14. The smallest absolute Gasteiger partial charge is 0.308 e. The molecule has 0 aliphatic rings. The summed E-state index contributed by atoms with van der Waals surface area (Å²) in [6.07, 6.45) is 2.74. The van der Waals surface area contributed by atoms with Gasteiger partial charge >= 0.3 is 5.97 Å². The molecule has 1 aromatic carbocycles. The summed E-state index contributed by atoms with van der Waals surface area (Å²) in [5.74, 6) is 0.467. The molecule has 0 bridgehead atoms. The van der Waals surface area contributed by atoms with Crippen molar-refractivity contribution in [2.75, 3.05) is 7.11 Å². The lowest BCUT2D eigenvalue weighted by atomic mass is 9.93. The Morgan fingerprint density at radius 3 is 2.22 bits per heavy atom. The molecule has 0 saturated heterocycles. The highest BCUT2D eigenvalue weighted by atomic mass is 16.5. The number of benzene rings is 1. The summed E-state index contributed by atoms with van der Waals surface area (Å²) in [4.78, 5) is 11.5. The Morgan fingerprint density at radius 2 is 1.78 bits per heavy atom. The first-order valence-electron chi connectivity index (χ1n) is 6.79. The van der Waals surface area contributed by atoms with Crippen LogP contribution < -0.4 is 0 Å². The van der Waals surface area contributed by atoms with Crippen molar-refractivity contribution in [3.8, 4) is 0 Å². The van der Waals surface area contributed by atoms with E-state index in [0.29, 0.717) is 5.92 Å². The Kier molecular flexibility index (Phi) is 5.90. The molecular formula is C16H24O2. The fraction of sp³-hybridized carbons (Fsp3) is 0.562. The molecule has 0 fully saturated rings. The molecule has 18 heavy (non-hydrogen) atoms. The minimum Gasteiger partial charge on any atom is -0.469 e. The summed E-state index contributed by atoms with van der Waals surface area (Å²) < 4.78 is 4.82. The molecule has 1 aromatic rings. The Morgan fingerprint density at radius 1 is 1.17 bits per heavy atom. The monoisotopic (exact) mass is 248 g/mol. The van der Waals surface area contributed by atoms with Crippen molar-refractivity contribution in [2.24, 2.45) is 5.92 Å². The van der Waals surface area contributed by atoms with E-state index < -0.39 is 0 Å². The first-order valence-corrected chi connectivity index (χ1v) is 6.79. The molecule has 0 radical (unpaired) electrons. The van der Waals surface area contributed by atoms with Crippen molar-refractivity contribution < 1.29 is 9.53 Å². The van der Waals surface area contributed by atoms with Gasteiger partial charge in [-0.2, -0.15) is 0 Å². The van der Waals surface area contributed by atoms with Crippen LogP contribution in [0.4, 0.5) is 0 Å². The predicted octanol–water partition coefficient (Wildman–Crippen LogP) is 3.94. The maximum absolute atomic E-state index is 11.5. The highest BCUT2D eigenvalue weighted by Gasteiger charge is 2.17. The third-order valence-corrected chi connectivity index (χ3v) is 3.67. The van der Waals surface area contributed by atoms with Crippen molar-refractivity contribution in [3.63, 3.8) is 0 Å². The molecule has 1 rings (SSSR count). The number of rotatable bonds is 6. The van der Waals surface area contributed by atoms with Crippen LogP contribution in [0.1, 0.15) is 50.7 Å². The van der Waals surface area contributed by atoms with Crippen LogP contribution in [0, 0.1) is 5.92 Å². The molecule has 0 aliphatic carbocycles. The fourth-order valence-corrected chi connectivity index (χ4v) is 2.06. The lowest BCUT2D eigenvalue weighted by molar-refractivity contribution is -0.145. The average Bonchev–Trinajstić information content (AvgIpc) is 2.43. The minimum atomic E-state index is -0.108. The van der Waals surface area contributed by atoms with E-state index >= 15 is 0 Å². The molecule has 0 aromatic heterocycles. The summed E-state index contributed by atoms with van der Waals surface area (Å²) in [6.45, 7) is 6.45. The SMILES string of the molecule is CCC(Cc1ccc(C(C)CC)cc1)C(=O)OC. The van der Waals surface area contributed by atoms with Crippen LogP contribution in [0.15, 0.2) is 24.3 Å². The van der Waals surface area contributed by atoms with Gasteiger partial charge < -0.3 is 4.74 Å². The van der Waals surface area contributed by atoms with Gasteiger partial charge in [0, 0.05) is 0 Å². The standard InChI is InChI=1S/C16H24O2/c1-5-12(3)15-9-7-13(8-10-15)11-14(6-2)16(17)18-4/h7-10,12,14H,5-6,11H2,1-4H3. The van der Waals surface area contributed by atoms with E-state index in [2.05, 4.69) is 38.1 Å². The zero-order valence-corrected chi connectivity index (χ0v) is 11.9. The molecule has 100 valence electrons. The van der Waals surface area contributed by atoms with E-state index in [-0.39, 0.29) is 11.9 Å². The summed E-state index contributed by atoms with van der Waals surface area (Å²) in [7, 11) is 1.46. The van der Waals surface area contributed by atoms with Crippen molar-refractivity contribution in [3.05, 3.63) is 35.4 Å². The summed E-state index contributed by atoms with van der Waals surface area (Å²) >= 11 is 0. The zero-order chi connectivity index (χ0) is 13.5. The molecular weight excluding hydrogens is 224 g/mol. The van der Waals surface area contributed by atoms with Crippen molar-refractivity contribution in [2.45, 2.75) is 46.0 Å². The number of carbonyl (C=O) groups excluding carboxylic acids is 1. The van der Waals surface area contributed by atoms with Crippen molar-refractivity contribution in [1.29, 1.82) is 0 Å². The Hall–Kier alpha value is -1.31. The van der Waals surface area contributed by atoms with Gasteiger partial charge in [0.05, 0.1) is 13.0 Å². The molecule has 0 heterocycles. The Balaban J connectivity index is 2.70. The third-order valence-electron chi connectivity index (χ3n) is 3.67. The first-order chi connectivity index (χ1) is 8.62. The largest absolute Gasteiger partial charge is 0.469 e. The molecule has 2 unspecified atom stereocenters. The van der Waals surface area contributed by atoms with Gasteiger partial charge in [-0.15, -0.1) is 0 Å². The molecule has 0 aliphatic heterocycles. The maximum Gasteiger partial charge on any atom is 0.308 e. The van der Waals surface area contributed by atoms with E-state index in [1.165, 1.54) is 18.2 Å². The van der Waals surface area contributed by atoms with Gasteiger partial charge in [0.15, 0.2) is 0 Å². The van der Waals surface area contributed by atoms with Crippen molar-refractivity contribution in [1.82, 2.24) is 0 Å². The summed E-state index contributed by atoms with van der Waals surface area (Å²) in [6, 6.07) is 8.61. The van der Waals surface area contributed by atoms with Gasteiger partial charge in [0.2, 0.25) is 0 Å². The predicted molar refractivity (Wildman–Crippen MR) is 74.6 cm³/mol. The second-order valence-electron chi connectivity index (χ2n) is 4.88. The maximum atomic E-state index is 11.5. The van der Waals surface area contributed by atoms with E-state index in [1.807, 2.05) is 6.92 Å². The minimum absolute atomic E-state index is 0.0237. The van der Waals surface area contributed by atoms with Crippen LogP contribution in [0.2, 0.25) is 0 Å². The highest BCUT2D eigenvalue weighted by Crippen LogP contribution is 2.20. The molecule has 2 heteroatoms. The van der Waals surface area contributed by atoms with Crippen LogP contribution in [0.25, 0.3) is 0 Å². The first kappa shape index (κ1) is 14.7. The number of methoxy groups -OCH3 is 1. The molecule has 0 saturated carbocycles. The highest BCUT2D eigenvalue weighted by molar-refractivity contribution is 5.72. The number of carbonyl (C=O) groups is 1. The van der Waals surface area contributed by atoms with Gasteiger partial charge in [-0.25, -0.2) is 0 Å². The van der Waals surface area contributed by atoms with Crippen LogP contribution >= 0.6 is 0 Å². The van der Waals surface area contributed by atoms with Gasteiger partial charge in [-0.3, -0.25) is 4.79 Å². The van der Waals surface area contributed by atoms with Gasteiger partial charge in [0.25, 0.3) is 0 Å². The fourth-order valence-electron chi connectivity index (χ4n) is 2.06. The summed E-state index contributed by atoms with van der Waals surface area (Å²) in [5.41, 5.74) is 2.58. The van der Waals surface area contributed by atoms with E-state index in [9.17, 15) is 4.79 Å². The van der Waals surface area contributed by atoms with Gasteiger partial charge in [-0.1, -0.05) is 45.0 Å². The Bertz CT molecular complexity index is 367. The number of hydrogen-bond donors (Lipinski definition) is 0. The molecule has 0 N–H and O–H groups in total. The molecule has 0 amide bonds. The van der Waals surface area contributed by atoms with Gasteiger partial charge in [-0.05, 0) is 36.3 Å². The second kappa shape index (κ2) is 7.20. The van der Waals surface area contributed by atoms with Crippen LogP contribution in [-0.4, -0.2) is 13.1 Å². The second-order valence-corrected chi connectivity index (χ2v) is 4.88. The van der Waals surface area contributed by atoms with Gasteiger partial charge in [0.1, 0.15) is 0 Å². The Labute approximate surface area is 110 Å². The normalized spacial score (nSPS) is 14.0. The number of hydrogen-bond acceptors (Lipinski definition) is 2. The van der Waals surface area contributed by atoms with Crippen LogP contribution in [-0.2, 0) is 16.0 Å². The van der Waals surface area contributed by atoms with Crippen molar-refractivity contribution >= 4 is 5.97 Å². The summed E-state index contributed by atoms with van der Waals surface area (Å²) in [5, 5.41) is 0. The average molecular weight is 248 g/mol. The van der Waals surface area contributed by atoms with Crippen LogP contribution in [0.3, 0.4) is 0 Å². The zero-order valence-electron chi connectivity index (χ0n) is 11.9. The number of ether oxygens (including phenoxy) is 1. The molecule has 2 nitrogen and oxygen atoms in total.